The Morgan fingerprint density at radius 3 is 2.41 bits per heavy atom. The van der Waals surface area contributed by atoms with Crippen molar-refractivity contribution in [3.05, 3.63) is 58.9 Å². The van der Waals surface area contributed by atoms with Gasteiger partial charge in [-0.05, 0) is 47.5 Å². The third-order valence-corrected chi connectivity index (χ3v) is 3.67. The van der Waals surface area contributed by atoms with Gasteiger partial charge in [0.05, 0.1) is 5.02 Å². The Bertz CT molecular complexity index is 695. The van der Waals surface area contributed by atoms with Crippen molar-refractivity contribution >= 4 is 40.3 Å². The Hall–Kier alpha value is -1.65. The monoisotopic (exact) mass is 336 g/mol. The van der Waals surface area contributed by atoms with Crippen LogP contribution in [0.2, 0.25) is 5.02 Å². The second kappa shape index (κ2) is 6.63. The normalized spacial score (nSPS) is 11.1. The summed E-state index contributed by atoms with van der Waals surface area (Å²) in [4.78, 5) is 0. The number of thiocarbonyl (C=S) groups is 1. The van der Waals surface area contributed by atoms with Crippen LogP contribution in [0.3, 0.4) is 0 Å². The van der Waals surface area contributed by atoms with Gasteiger partial charge in [0.15, 0.2) is 5.11 Å². The van der Waals surface area contributed by atoms with Crippen LogP contribution in [0.4, 0.5) is 15.8 Å². The summed E-state index contributed by atoms with van der Waals surface area (Å²) in [6, 6.07) is 12.5. The van der Waals surface area contributed by atoms with Crippen molar-refractivity contribution < 1.29 is 4.39 Å². The molecule has 0 radical (unpaired) electrons. The third-order valence-electron chi connectivity index (χ3n) is 3.16. The largest absolute Gasteiger partial charge is 0.332 e. The van der Waals surface area contributed by atoms with Crippen molar-refractivity contribution in [2.45, 2.75) is 26.2 Å². The highest BCUT2D eigenvalue weighted by Crippen LogP contribution is 2.29. The van der Waals surface area contributed by atoms with E-state index in [1.165, 1.54) is 12.1 Å². The van der Waals surface area contributed by atoms with E-state index in [0.717, 1.165) is 11.3 Å². The molecule has 0 spiro atoms. The zero-order valence-electron chi connectivity index (χ0n) is 12.7. The molecule has 116 valence electrons. The number of para-hydroxylation sites is 1. The van der Waals surface area contributed by atoms with Crippen LogP contribution in [0.5, 0.6) is 0 Å². The maximum absolute atomic E-state index is 13.4. The van der Waals surface area contributed by atoms with Crippen LogP contribution in [-0.4, -0.2) is 5.11 Å². The van der Waals surface area contributed by atoms with E-state index >= 15 is 0 Å². The molecular formula is C17H18ClFN2S. The van der Waals surface area contributed by atoms with Crippen LogP contribution < -0.4 is 10.6 Å². The molecule has 0 atom stereocenters. The highest BCUT2D eigenvalue weighted by atomic mass is 35.5. The van der Waals surface area contributed by atoms with Crippen LogP contribution >= 0.6 is 23.8 Å². The van der Waals surface area contributed by atoms with Crippen molar-refractivity contribution in [1.29, 1.82) is 0 Å². The van der Waals surface area contributed by atoms with E-state index in [0.29, 0.717) is 10.8 Å². The van der Waals surface area contributed by atoms with Gasteiger partial charge in [-0.15, -0.1) is 0 Å². The van der Waals surface area contributed by atoms with Crippen molar-refractivity contribution in [3.8, 4) is 0 Å². The van der Waals surface area contributed by atoms with Gasteiger partial charge in [-0.2, -0.15) is 0 Å². The number of rotatable bonds is 2. The number of halogens is 2. The Balaban J connectivity index is 2.14. The van der Waals surface area contributed by atoms with Gasteiger partial charge in [-0.3, -0.25) is 0 Å². The molecule has 0 heterocycles. The molecule has 2 nitrogen and oxygen atoms in total. The fourth-order valence-corrected chi connectivity index (χ4v) is 2.45. The minimum atomic E-state index is -0.482. The van der Waals surface area contributed by atoms with Crippen LogP contribution in [0.25, 0.3) is 0 Å². The van der Waals surface area contributed by atoms with E-state index in [-0.39, 0.29) is 10.4 Å². The molecule has 0 saturated carbocycles. The molecule has 0 saturated heterocycles. The van der Waals surface area contributed by atoms with E-state index in [4.69, 9.17) is 23.8 Å². The molecule has 2 aromatic carbocycles. The van der Waals surface area contributed by atoms with Crippen LogP contribution in [0, 0.1) is 5.82 Å². The van der Waals surface area contributed by atoms with Crippen LogP contribution in [0.15, 0.2) is 42.5 Å². The maximum atomic E-state index is 13.4. The zero-order chi connectivity index (χ0) is 16.3. The lowest BCUT2D eigenvalue weighted by Crippen LogP contribution is -2.22. The molecule has 22 heavy (non-hydrogen) atoms. The Morgan fingerprint density at radius 2 is 1.77 bits per heavy atom. The molecule has 2 aromatic rings. The van der Waals surface area contributed by atoms with E-state index in [1.54, 1.807) is 6.07 Å². The fourth-order valence-electron chi connectivity index (χ4n) is 2.10. The first-order valence-corrected chi connectivity index (χ1v) is 7.68. The Kier molecular flexibility index (Phi) is 5.04. The SMILES string of the molecule is CC(C)(C)c1ccccc1NC(=S)Nc1ccc(Cl)c(F)c1. The molecule has 0 aliphatic carbocycles. The summed E-state index contributed by atoms with van der Waals surface area (Å²) < 4.78 is 13.4. The standard InChI is InChI=1S/C17H18ClFN2S/c1-17(2,3)12-6-4-5-7-15(12)21-16(22)20-11-8-9-13(18)14(19)10-11/h4-10H,1-3H3,(H2,20,21,22). The Morgan fingerprint density at radius 1 is 1.09 bits per heavy atom. The van der Waals surface area contributed by atoms with Gasteiger partial charge in [0.2, 0.25) is 0 Å². The van der Waals surface area contributed by atoms with Crippen LogP contribution in [-0.2, 0) is 5.41 Å². The summed E-state index contributed by atoms with van der Waals surface area (Å²) in [7, 11) is 0. The lowest BCUT2D eigenvalue weighted by molar-refractivity contribution is 0.592. The summed E-state index contributed by atoms with van der Waals surface area (Å²) in [5, 5.41) is 6.61. The average molecular weight is 337 g/mol. The molecule has 0 bridgehead atoms. The molecule has 5 heteroatoms. The number of nitrogens with one attached hydrogen (secondary N) is 2. The maximum Gasteiger partial charge on any atom is 0.175 e. The number of hydrogen-bond acceptors (Lipinski definition) is 1. The van der Waals surface area contributed by atoms with Gasteiger partial charge < -0.3 is 10.6 Å². The highest BCUT2D eigenvalue weighted by Gasteiger charge is 2.17. The minimum absolute atomic E-state index is 0.00835. The highest BCUT2D eigenvalue weighted by molar-refractivity contribution is 7.80. The van der Waals surface area contributed by atoms with Crippen LogP contribution in [0.1, 0.15) is 26.3 Å². The predicted octanol–water partition coefficient (Wildman–Crippen LogP) is 5.59. The molecular weight excluding hydrogens is 319 g/mol. The van der Waals surface area contributed by atoms with Gasteiger partial charge in [0, 0.05) is 11.4 Å². The lowest BCUT2D eigenvalue weighted by atomic mass is 9.86. The van der Waals surface area contributed by atoms with Gasteiger partial charge in [0.25, 0.3) is 0 Å². The molecule has 2 rings (SSSR count). The second-order valence-corrected chi connectivity index (χ2v) is 6.82. The van der Waals surface area contributed by atoms with Crippen molar-refractivity contribution in [2.75, 3.05) is 10.6 Å². The number of anilines is 2. The quantitative estimate of drug-likeness (QED) is 0.699. The molecule has 0 aliphatic heterocycles. The van der Waals surface area contributed by atoms with E-state index in [1.807, 2.05) is 18.2 Å². The van der Waals surface area contributed by atoms with Crippen molar-refractivity contribution in [2.24, 2.45) is 0 Å². The molecule has 2 N–H and O–H groups in total. The molecule has 0 aromatic heterocycles. The van der Waals surface area contributed by atoms with Gasteiger partial charge in [0.1, 0.15) is 5.82 Å². The van der Waals surface area contributed by atoms with E-state index in [9.17, 15) is 4.39 Å². The smallest absolute Gasteiger partial charge is 0.175 e. The van der Waals surface area contributed by atoms with Crippen molar-refractivity contribution in [3.63, 3.8) is 0 Å². The zero-order valence-corrected chi connectivity index (χ0v) is 14.3. The van der Waals surface area contributed by atoms with Gasteiger partial charge in [-0.1, -0.05) is 50.6 Å². The second-order valence-electron chi connectivity index (χ2n) is 6.00. The first kappa shape index (κ1) is 16.7. The summed E-state index contributed by atoms with van der Waals surface area (Å²) in [5.41, 5.74) is 2.63. The molecule has 0 fully saturated rings. The molecule has 0 aliphatic rings. The summed E-state index contributed by atoms with van der Waals surface area (Å²) in [5.74, 6) is -0.482. The van der Waals surface area contributed by atoms with Gasteiger partial charge >= 0.3 is 0 Å². The molecule has 0 amide bonds. The fraction of sp³-hybridized carbons (Fsp3) is 0.235. The summed E-state index contributed by atoms with van der Waals surface area (Å²) >= 11 is 11.0. The predicted molar refractivity (Wildman–Crippen MR) is 96.4 cm³/mol. The molecule has 0 unspecified atom stereocenters. The minimum Gasteiger partial charge on any atom is -0.332 e. The number of benzene rings is 2. The first-order valence-electron chi connectivity index (χ1n) is 6.90. The summed E-state index contributed by atoms with van der Waals surface area (Å²) in [6.45, 7) is 6.41. The topological polar surface area (TPSA) is 24.1 Å². The van der Waals surface area contributed by atoms with Crippen molar-refractivity contribution in [1.82, 2.24) is 0 Å². The lowest BCUT2D eigenvalue weighted by Gasteiger charge is -2.23. The average Bonchev–Trinajstić information content (AvgIpc) is 2.42. The number of hydrogen-bond donors (Lipinski definition) is 2. The van der Waals surface area contributed by atoms with E-state index < -0.39 is 5.82 Å². The van der Waals surface area contributed by atoms with E-state index in [2.05, 4.69) is 37.5 Å². The third kappa shape index (κ3) is 4.18. The summed E-state index contributed by atoms with van der Waals surface area (Å²) in [6.07, 6.45) is 0. The Labute approximate surface area is 140 Å². The van der Waals surface area contributed by atoms with Gasteiger partial charge in [-0.25, -0.2) is 4.39 Å². The first-order chi connectivity index (χ1) is 10.3.